The quantitative estimate of drug-likeness (QED) is 0.419. The van der Waals surface area contributed by atoms with Gasteiger partial charge in [0.2, 0.25) is 5.91 Å². The predicted molar refractivity (Wildman–Crippen MR) is 120 cm³/mol. The Kier molecular flexibility index (Phi) is 10.7. The Hall–Kier alpha value is -3.02. The fourth-order valence-electron chi connectivity index (χ4n) is 3.49. The van der Waals surface area contributed by atoms with Crippen molar-refractivity contribution in [3.8, 4) is 0 Å². The molecule has 3 rings (SSSR count). The third-order valence-electron chi connectivity index (χ3n) is 5.41. The molecule has 1 aromatic carbocycles. The number of nitrogens with zero attached hydrogens (tertiary/aromatic N) is 2. The van der Waals surface area contributed by atoms with Gasteiger partial charge in [0.05, 0.1) is 12.6 Å². The minimum atomic E-state index is -1.82. The van der Waals surface area contributed by atoms with Gasteiger partial charge in [0.1, 0.15) is 0 Å². The normalized spacial score (nSPS) is 18.6. The highest BCUT2D eigenvalue weighted by Gasteiger charge is 2.18. The molecule has 11 nitrogen and oxygen atoms in total. The summed E-state index contributed by atoms with van der Waals surface area (Å²) in [4.78, 5) is 47.2. The van der Waals surface area contributed by atoms with Gasteiger partial charge in [-0.25, -0.2) is 9.59 Å². The van der Waals surface area contributed by atoms with E-state index in [1.165, 1.54) is 0 Å². The molecule has 1 aromatic rings. The molecule has 4 N–H and O–H groups in total. The second-order valence-electron chi connectivity index (χ2n) is 7.79. The topological polar surface area (TPSA) is 149 Å². The van der Waals surface area contributed by atoms with E-state index in [0.717, 1.165) is 52.2 Å². The van der Waals surface area contributed by atoms with Crippen molar-refractivity contribution in [1.29, 1.82) is 0 Å². The first kappa shape index (κ1) is 26.2. The molecule has 11 heteroatoms. The third-order valence-corrected chi connectivity index (χ3v) is 5.41. The summed E-state index contributed by atoms with van der Waals surface area (Å²) < 4.78 is 5.51. The molecule has 0 aliphatic carbocycles. The predicted octanol–water partition coefficient (Wildman–Crippen LogP) is 0.327. The molecule has 182 valence electrons. The van der Waals surface area contributed by atoms with Crippen LogP contribution < -0.4 is 10.6 Å². The number of carbonyl (C=O) groups is 4. The number of benzene rings is 1. The zero-order valence-electron chi connectivity index (χ0n) is 18.8. The molecule has 2 amide bonds. The lowest BCUT2D eigenvalue weighted by Crippen LogP contribution is -2.48. The fourth-order valence-corrected chi connectivity index (χ4v) is 3.49. The number of hydrogen-bond acceptors (Lipinski definition) is 7. The molecule has 0 spiro atoms. The van der Waals surface area contributed by atoms with Gasteiger partial charge in [-0.3, -0.25) is 14.5 Å². The van der Waals surface area contributed by atoms with Crippen molar-refractivity contribution in [3.63, 3.8) is 0 Å². The third kappa shape index (κ3) is 9.56. The molecule has 0 radical (unpaired) electrons. The number of rotatable bonds is 7. The van der Waals surface area contributed by atoms with Gasteiger partial charge in [0, 0.05) is 50.6 Å². The van der Waals surface area contributed by atoms with Crippen LogP contribution in [-0.4, -0.2) is 102 Å². The van der Waals surface area contributed by atoms with Crippen LogP contribution in [0.15, 0.2) is 24.3 Å². The van der Waals surface area contributed by atoms with Crippen molar-refractivity contribution in [1.82, 2.24) is 15.1 Å². The maximum atomic E-state index is 12.2. The van der Waals surface area contributed by atoms with E-state index in [1.807, 2.05) is 0 Å². The highest BCUT2D eigenvalue weighted by atomic mass is 16.5. The van der Waals surface area contributed by atoms with Crippen LogP contribution in [0, 0.1) is 0 Å². The first-order valence-electron chi connectivity index (χ1n) is 11.0. The monoisotopic (exact) mass is 464 g/mol. The first-order valence-corrected chi connectivity index (χ1v) is 11.0. The van der Waals surface area contributed by atoms with Crippen molar-refractivity contribution < 1.29 is 34.1 Å². The number of piperazine rings is 1. The highest BCUT2D eigenvalue weighted by molar-refractivity contribution is 6.27. The van der Waals surface area contributed by atoms with Crippen LogP contribution in [-0.2, 0) is 19.1 Å². The molecular formula is C22H32N4O7. The number of carboxylic acid groups (broad SMARTS) is 2. The van der Waals surface area contributed by atoms with Crippen molar-refractivity contribution >= 4 is 29.4 Å². The number of hydrogen-bond donors (Lipinski definition) is 4. The first-order chi connectivity index (χ1) is 15.8. The number of aliphatic carboxylic acids is 2. The van der Waals surface area contributed by atoms with Crippen LogP contribution in [0.5, 0.6) is 0 Å². The average Bonchev–Trinajstić information content (AvgIpc) is 3.32. The molecule has 1 atom stereocenters. The Morgan fingerprint density at radius 3 is 2.12 bits per heavy atom. The van der Waals surface area contributed by atoms with Crippen molar-refractivity contribution in [2.75, 3.05) is 57.7 Å². The standard InChI is InChI=1S/C20H30N4O3.C2H2O4/c1-2-23-9-11-24(12-10-23)15-19(25)22-17-7-5-16(6-8-17)20(26)21-14-18-4-3-13-27-18;3-1(4)2(5)6/h5-8,18H,2-4,9-15H2,1H3,(H,21,26)(H,22,25);(H,3,4)(H,5,6). The molecule has 33 heavy (non-hydrogen) atoms. The molecule has 2 fully saturated rings. The summed E-state index contributed by atoms with van der Waals surface area (Å²) in [6, 6.07) is 7.02. The summed E-state index contributed by atoms with van der Waals surface area (Å²) in [5, 5.41) is 20.6. The number of likely N-dealkylation sites (N-methyl/N-ethyl adjacent to an activating group) is 1. The van der Waals surface area contributed by atoms with Crippen LogP contribution in [0.4, 0.5) is 5.69 Å². The summed E-state index contributed by atoms with van der Waals surface area (Å²) >= 11 is 0. The van der Waals surface area contributed by atoms with E-state index in [-0.39, 0.29) is 17.9 Å². The largest absolute Gasteiger partial charge is 0.473 e. The van der Waals surface area contributed by atoms with Gasteiger partial charge in [-0.15, -0.1) is 0 Å². The van der Waals surface area contributed by atoms with Crippen LogP contribution in [0.1, 0.15) is 30.1 Å². The summed E-state index contributed by atoms with van der Waals surface area (Å²) in [5.41, 5.74) is 1.30. The second-order valence-corrected chi connectivity index (χ2v) is 7.79. The number of carboxylic acids is 2. The maximum Gasteiger partial charge on any atom is 0.414 e. The SMILES string of the molecule is CCN1CCN(CC(=O)Nc2ccc(C(=O)NCC3CCCO3)cc2)CC1.O=C(O)C(=O)O. The summed E-state index contributed by atoms with van der Waals surface area (Å²) in [5.74, 6) is -3.78. The molecule has 0 saturated carbocycles. The Balaban J connectivity index is 0.000000569. The van der Waals surface area contributed by atoms with E-state index >= 15 is 0 Å². The van der Waals surface area contributed by atoms with Gasteiger partial charge in [-0.05, 0) is 43.7 Å². The number of amides is 2. The second kappa shape index (κ2) is 13.5. The molecular weight excluding hydrogens is 432 g/mol. The van der Waals surface area contributed by atoms with Crippen molar-refractivity contribution in [3.05, 3.63) is 29.8 Å². The van der Waals surface area contributed by atoms with Gasteiger partial charge >= 0.3 is 11.9 Å². The van der Waals surface area contributed by atoms with Gasteiger partial charge in [-0.1, -0.05) is 6.92 Å². The average molecular weight is 465 g/mol. The van der Waals surface area contributed by atoms with Gasteiger partial charge < -0.3 is 30.5 Å². The zero-order valence-corrected chi connectivity index (χ0v) is 18.8. The Morgan fingerprint density at radius 1 is 1.00 bits per heavy atom. The lowest BCUT2D eigenvalue weighted by atomic mass is 10.2. The molecule has 2 heterocycles. The van der Waals surface area contributed by atoms with E-state index < -0.39 is 11.9 Å². The fraction of sp³-hybridized carbons (Fsp3) is 0.545. The maximum absolute atomic E-state index is 12.2. The Labute approximate surface area is 192 Å². The molecule has 1 unspecified atom stereocenters. The molecule has 2 saturated heterocycles. The van der Waals surface area contributed by atoms with E-state index in [4.69, 9.17) is 24.5 Å². The summed E-state index contributed by atoms with van der Waals surface area (Å²) in [6.07, 6.45) is 2.19. The summed E-state index contributed by atoms with van der Waals surface area (Å²) in [6.45, 7) is 8.82. The molecule has 0 aromatic heterocycles. The van der Waals surface area contributed by atoms with Crippen molar-refractivity contribution in [2.24, 2.45) is 0 Å². The minimum absolute atomic E-state index is 0.0180. The van der Waals surface area contributed by atoms with Crippen LogP contribution in [0.25, 0.3) is 0 Å². The van der Waals surface area contributed by atoms with Gasteiger partial charge in [-0.2, -0.15) is 0 Å². The van der Waals surface area contributed by atoms with Gasteiger partial charge in [0.25, 0.3) is 5.91 Å². The Bertz CT molecular complexity index is 789. The van der Waals surface area contributed by atoms with E-state index in [2.05, 4.69) is 27.4 Å². The van der Waals surface area contributed by atoms with Crippen LogP contribution >= 0.6 is 0 Å². The van der Waals surface area contributed by atoms with E-state index in [1.54, 1.807) is 24.3 Å². The number of carbonyl (C=O) groups excluding carboxylic acids is 2. The van der Waals surface area contributed by atoms with E-state index in [9.17, 15) is 9.59 Å². The zero-order chi connectivity index (χ0) is 24.2. The minimum Gasteiger partial charge on any atom is -0.473 e. The smallest absolute Gasteiger partial charge is 0.414 e. The molecule has 0 bridgehead atoms. The Morgan fingerprint density at radius 2 is 1.61 bits per heavy atom. The van der Waals surface area contributed by atoms with Crippen LogP contribution in [0.2, 0.25) is 0 Å². The molecule has 2 aliphatic rings. The lowest BCUT2D eigenvalue weighted by Gasteiger charge is -2.33. The van der Waals surface area contributed by atoms with Gasteiger partial charge in [0.15, 0.2) is 0 Å². The molecule has 2 aliphatic heterocycles. The lowest BCUT2D eigenvalue weighted by molar-refractivity contribution is -0.159. The number of anilines is 1. The number of ether oxygens (including phenoxy) is 1. The van der Waals surface area contributed by atoms with Crippen molar-refractivity contribution in [2.45, 2.75) is 25.9 Å². The van der Waals surface area contributed by atoms with E-state index in [0.29, 0.717) is 24.3 Å². The van der Waals surface area contributed by atoms with Crippen LogP contribution in [0.3, 0.4) is 0 Å². The summed E-state index contributed by atoms with van der Waals surface area (Å²) in [7, 11) is 0. The highest BCUT2D eigenvalue weighted by Crippen LogP contribution is 2.12. The number of nitrogens with one attached hydrogen (secondary N) is 2.